The third kappa shape index (κ3) is 6.79. The molecule has 1 rings (SSSR count). The van der Waals surface area contributed by atoms with Crippen molar-refractivity contribution in [3.8, 4) is 0 Å². The molecular weight excluding hydrogens is 200 g/mol. The van der Waals surface area contributed by atoms with E-state index in [0.29, 0.717) is 6.61 Å². The van der Waals surface area contributed by atoms with E-state index in [-0.39, 0.29) is 0 Å². The molecule has 5 nitrogen and oxygen atoms in total. The topological polar surface area (TPSA) is 54.0 Å². The highest BCUT2D eigenvalue weighted by Crippen LogP contribution is 2.07. The molecule has 0 saturated heterocycles. The third-order valence-corrected chi connectivity index (χ3v) is 2.03. The second-order valence-electron chi connectivity index (χ2n) is 3.27. The van der Waals surface area contributed by atoms with Gasteiger partial charge in [0, 0.05) is 5.04 Å². The Morgan fingerprint density at radius 3 is 2.80 bits per heavy atom. The van der Waals surface area contributed by atoms with Crippen LogP contribution in [0.5, 0.6) is 0 Å². The highest BCUT2D eigenvalue weighted by molar-refractivity contribution is 5.58. The predicted octanol–water partition coefficient (Wildman–Crippen LogP) is 2.87. The molecule has 0 aliphatic carbocycles. The summed E-state index contributed by atoms with van der Waals surface area (Å²) in [5.74, 6) is 0. The number of cyclic esters (lactones) is 1. The summed E-state index contributed by atoms with van der Waals surface area (Å²) in [6.07, 6.45) is 8.60. The summed E-state index contributed by atoms with van der Waals surface area (Å²) in [6, 6.07) is 0. The monoisotopic (exact) mass is 216 g/mol. The van der Waals surface area contributed by atoms with Crippen molar-refractivity contribution in [3.05, 3.63) is 12.3 Å². The van der Waals surface area contributed by atoms with Crippen molar-refractivity contribution in [2.75, 3.05) is 6.61 Å². The normalized spacial score (nSPS) is 22.8. The third-order valence-electron chi connectivity index (χ3n) is 2.03. The molecule has 0 atom stereocenters. The first-order valence-electron chi connectivity index (χ1n) is 5.21. The maximum Gasteiger partial charge on any atom is 0.543 e. The van der Waals surface area contributed by atoms with Crippen molar-refractivity contribution in [2.45, 2.75) is 38.5 Å². The molecule has 0 radical (unpaired) electrons. The maximum absolute atomic E-state index is 10.8. The van der Waals surface area contributed by atoms with Crippen molar-refractivity contribution in [2.24, 2.45) is 0 Å². The number of rotatable bonds is 0. The van der Waals surface area contributed by atoms with Crippen LogP contribution < -0.4 is 0 Å². The molecule has 1 aliphatic rings. The zero-order chi connectivity index (χ0) is 10.8. The molecule has 0 aromatic carbocycles. The van der Waals surface area contributed by atoms with Gasteiger partial charge >= 0.3 is 6.16 Å². The van der Waals surface area contributed by atoms with Crippen molar-refractivity contribution >= 4 is 6.16 Å². The van der Waals surface area contributed by atoms with E-state index in [1.54, 1.807) is 0 Å². The van der Waals surface area contributed by atoms with Crippen LogP contribution in [0.1, 0.15) is 38.5 Å². The predicted molar refractivity (Wildman–Crippen MR) is 51.4 cm³/mol. The fourth-order valence-electron chi connectivity index (χ4n) is 1.25. The van der Waals surface area contributed by atoms with Crippen LogP contribution in [-0.2, 0) is 19.6 Å². The van der Waals surface area contributed by atoms with Crippen LogP contribution in [0.3, 0.4) is 0 Å². The fourth-order valence-corrected chi connectivity index (χ4v) is 1.25. The van der Waals surface area contributed by atoms with Gasteiger partial charge in [-0.25, -0.2) is 9.68 Å². The lowest BCUT2D eigenvalue weighted by Gasteiger charge is -2.04. The SMILES string of the molecule is O=C1OCCCCCCC/C=C\OOO1. The van der Waals surface area contributed by atoms with Gasteiger partial charge in [0.25, 0.3) is 0 Å². The highest BCUT2D eigenvalue weighted by Gasteiger charge is 2.05. The fraction of sp³-hybridized carbons (Fsp3) is 0.700. The number of carbonyl (C=O) groups excluding carboxylic acids is 1. The van der Waals surface area contributed by atoms with Crippen LogP contribution in [0, 0.1) is 0 Å². The van der Waals surface area contributed by atoms with Gasteiger partial charge in [0.05, 0.1) is 6.61 Å². The molecule has 1 aliphatic heterocycles. The molecular formula is C10H16O5. The molecule has 0 unspecified atom stereocenters. The summed E-state index contributed by atoms with van der Waals surface area (Å²) < 4.78 is 4.70. The van der Waals surface area contributed by atoms with Gasteiger partial charge in [-0.1, -0.05) is 19.3 Å². The van der Waals surface area contributed by atoms with E-state index in [0.717, 1.165) is 32.1 Å². The van der Waals surface area contributed by atoms with Gasteiger partial charge in [0.2, 0.25) is 0 Å². The average Bonchev–Trinajstić information content (AvgIpc) is 2.24. The maximum atomic E-state index is 10.8. The zero-order valence-corrected chi connectivity index (χ0v) is 8.65. The molecule has 0 aromatic heterocycles. The summed E-state index contributed by atoms with van der Waals surface area (Å²) in [6.45, 7) is 0.359. The minimum Gasteiger partial charge on any atom is -0.432 e. The molecule has 0 aromatic rings. The van der Waals surface area contributed by atoms with E-state index in [2.05, 4.69) is 14.8 Å². The van der Waals surface area contributed by atoms with Crippen LogP contribution in [-0.4, -0.2) is 12.8 Å². The summed E-state index contributed by atoms with van der Waals surface area (Å²) in [4.78, 5) is 19.4. The van der Waals surface area contributed by atoms with Crippen LogP contribution in [0.25, 0.3) is 0 Å². The quantitative estimate of drug-likeness (QED) is 0.460. The smallest absolute Gasteiger partial charge is 0.432 e. The molecule has 0 N–H and O–H groups in total. The van der Waals surface area contributed by atoms with Crippen molar-refractivity contribution < 1.29 is 24.3 Å². The second-order valence-corrected chi connectivity index (χ2v) is 3.27. The van der Waals surface area contributed by atoms with Gasteiger partial charge in [-0.3, -0.25) is 0 Å². The molecule has 5 heteroatoms. The summed E-state index contributed by atoms with van der Waals surface area (Å²) in [5.41, 5.74) is 0. The molecule has 0 spiro atoms. The van der Waals surface area contributed by atoms with E-state index in [9.17, 15) is 4.79 Å². The summed E-state index contributed by atoms with van der Waals surface area (Å²) in [5, 5.41) is 4.13. The Bertz CT molecular complexity index is 202. The van der Waals surface area contributed by atoms with Crippen molar-refractivity contribution in [3.63, 3.8) is 0 Å². The van der Waals surface area contributed by atoms with E-state index >= 15 is 0 Å². The van der Waals surface area contributed by atoms with Crippen LogP contribution in [0.2, 0.25) is 0 Å². The van der Waals surface area contributed by atoms with Crippen molar-refractivity contribution in [1.29, 1.82) is 0 Å². The molecule has 1 heterocycles. The molecule has 0 fully saturated rings. The molecule has 15 heavy (non-hydrogen) atoms. The van der Waals surface area contributed by atoms with E-state index in [4.69, 9.17) is 4.74 Å². The van der Waals surface area contributed by atoms with Crippen molar-refractivity contribution in [1.82, 2.24) is 0 Å². The summed E-state index contributed by atoms with van der Waals surface area (Å²) >= 11 is 0. The standard InChI is InChI=1S/C10H16O5/c11-10-12-8-6-4-2-1-3-5-7-9-13-15-14-10/h7,9H,1-6,8H2/b9-7-. The Morgan fingerprint density at radius 1 is 1.07 bits per heavy atom. The highest BCUT2D eigenvalue weighted by atomic mass is 17.5. The lowest BCUT2D eigenvalue weighted by molar-refractivity contribution is -0.461. The molecule has 0 bridgehead atoms. The lowest BCUT2D eigenvalue weighted by Crippen LogP contribution is -2.08. The van der Waals surface area contributed by atoms with Gasteiger partial charge in [0.1, 0.15) is 6.26 Å². The molecule has 0 amide bonds. The zero-order valence-electron chi connectivity index (χ0n) is 8.65. The van der Waals surface area contributed by atoms with E-state index in [1.165, 1.54) is 12.7 Å². The Kier molecular flexibility index (Phi) is 6.40. The van der Waals surface area contributed by atoms with E-state index in [1.807, 2.05) is 6.08 Å². The van der Waals surface area contributed by atoms with E-state index < -0.39 is 6.16 Å². The van der Waals surface area contributed by atoms with Crippen LogP contribution in [0.4, 0.5) is 4.79 Å². The first kappa shape index (κ1) is 11.8. The number of ether oxygens (including phenoxy) is 1. The van der Waals surface area contributed by atoms with Gasteiger partial charge < -0.3 is 9.62 Å². The van der Waals surface area contributed by atoms with Gasteiger partial charge in [-0.05, 0) is 25.3 Å². The Labute approximate surface area is 88.8 Å². The minimum absolute atomic E-state index is 0.359. The average molecular weight is 216 g/mol. The molecule has 0 saturated carbocycles. The minimum atomic E-state index is -0.875. The number of allylic oxidation sites excluding steroid dienone is 1. The Morgan fingerprint density at radius 2 is 1.87 bits per heavy atom. The number of hydrogen-bond acceptors (Lipinski definition) is 5. The summed E-state index contributed by atoms with van der Waals surface area (Å²) in [7, 11) is 0. The number of carbonyl (C=O) groups is 1. The molecule has 86 valence electrons. The first-order chi connectivity index (χ1) is 7.39. The van der Waals surface area contributed by atoms with Crippen LogP contribution >= 0.6 is 0 Å². The van der Waals surface area contributed by atoms with Gasteiger partial charge in [-0.2, -0.15) is 0 Å². The van der Waals surface area contributed by atoms with Crippen LogP contribution in [0.15, 0.2) is 12.3 Å². The first-order valence-corrected chi connectivity index (χ1v) is 5.21. The largest absolute Gasteiger partial charge is 0.543 e. The lowest BCUT2D eigenvalue weighted by atomic mass is 10.1. The Hall–Kier alpha value is -1.23. The van der Waals surface area contributed by atoms with Gasteiger partial charge in [-0.15, -0.1) is 0 Å². The second kappa shape index (κ2) is 8.11. The van der Waals surface area contributed by atoms with Gasteiger partial charge in [0.15, 0.2) is 0 Å². The Balaban J connectivity index is 2.21. The number of hydrogen-bond donors (Lipinski definition) is 0.